The van der Waals surface area contributed by atoms with Crippen LogP contribution in [0.15, 0.2) is 23.2 Å². The normalized spacial score (nSPS) is 14.5. The molecule has 4 nitrogen and oxygen atoms in total. The number of nitrogens with one attached hydrogen (secondary N) is 2. The molecule has 0 saturated heterocycles. The number of hydrogen-bond acceptors (Lipinski definition) is 4. The number of halogens is 1. The minimum atomic E-state index is -0.368. The summed E-state index contributed by atoms with van der Waals surface area (Å²) in [7, 11) is 0. The molecule has 2 rings (SSSR count). The minimum Gasteiger partial charge on any atom is -0.356 e. The van der Waals surface area contributed by atoms with Gasteiger partial charge in [-0.15, -0.1) is 0 Å². The lowest BCUT2D eigenvalue weighted by Crippen LogP contribution is -2.40. The van der Waals surface area contributed by atoms with Crippen molar-refractivity contribution in [3.8, 4) is 6.07 Å². The Kier molecular flexibility index (Phi) is 3.55. The smallest absolute Gasteiger partial charge is 0.191 e. The van der Waals surface area contributed by atoms with Crippen LogP contribution in [0.25, 0.3) is 0 Å². The van der Waals surface area contributed by atoms with Crippen molar-refractivity contribution in [3.05, 3.63) is 35.1 Å². The Bertz CT molecular complexity index is 476. The van der Waals surface area contributed by atoms with E-state index in [-0.39, 0.29) is 5.82 Å². The summed E-state index contributed by atoms with van der Waals surface area (Å²) < 4.78 is 13.5. The second kappa shape index (κ2) is 5.30. The Hall–Kier alpha value is -2.09. The lowest BCUT2D eigenvalue weighted by Gasteiger charge is -2.16. The van der Waals surface area contributed by atoms with E-state index < -0.39 is 0 Å². The summed E-state index contributed by atoms with van der Waals surface area (Å²) in [6.45, 7) is 2.05. The maximum Gasteiger partial charge on any atom is 0.191 e. The minimum absolute atomic E-state index is 0.333. The summed E-state index contributed by atoms with van der Waals surface area (Å²) in [4.78, 5) is 4.23. The maximum atomic E-state index is 13.5. The summed E-state index contributed by atoms with van der Waals surface area (Å²) >= 11 is 0. The summed E-state index contributed by atoms with van der Waals surface area (Å²) in [6.07, 6.45) is 1.02. The molecule has 1 aromatic carbocycles. The van der Waals surface area contributed by atoms with Crippen LogP contribution in [0.4, 0.5) is 4.39 Å². The van der Waals surface area contributed by atoms with Gasteiger partial charge in [0.1, 0.15) is 5.82 Å². The van der Waals surface area contributed by atoms with Gasteiger partial charge in [-0.1, -0.05) is 6.07 Å². The van der Waals surface area contributed by atoms with E-state index in [1.807, 2.05) is 6.07 Å². The molecule has 0 aliphatic carbocycles. The summed E-state index contributed by atoms with van der Waals surface area (Å²) in [5.41, 5.74) is 0.860. The fraction of sp³-hybridized carbons (Fsp3) is 0.333. The van der Waals surface area contributed by atoms with E-state index in [0.29, 0.717) is 23.6 Å². The van der Waals surface area contributed by atoms with Gasteiger partial charge >= 0.3 is 0 Å². The number of rotatable bonds is 2. The standard InChI is InChI=1S/C12H13FN4/c13-11-6-9(7-14)2-3-10(11)8-17-12-15-4-1-5-16-12/h2-3,6H,1,4-5,8H2,(H2,15,16,17). The van der Waals surface area contributed by atoms with Crippen LogP contribution in [0.1, 0.15) is 17.5 Å². The van der Waals surface area contributed by atoms with Gasteiger partial charge < -0.3 is 10.6 Å². The molecule has 1 aliphatic heterocycles. The zero-order valence-electron chi connectivity index (χ0n) is 9.33. The Morgan fingerprint density at radius 2 is 2.41 bits per heavy atom. The zero-order valence-corrected chi connectivity index (χ0v) is 9.33. The second-order valence-electron chi connectivity index (χ2n) is 3.78. The molecule has 0 amide bonds. The second-order valence-corrected chi connectivity index (χ2v) is 3.78. The predicted molar refractivity (Wildman–Crippen MR) is 62.9 cm³/mol. The average molecular weight is 232 g/mol. The van der Waals surface area contributed by atoms with Crippen LogP contribution < -0.4 is 10.6 Å². The SMILES string of the molecule is N#Cc1ccc(CNC2=NCCCN2)c(F)c1. The number of benzene rings is 1. The van der Waals surface area contributed by atoms with E-state index in [4.69, 9.17) is 5.26 Å². The highest BCUT2D eigenvalue weighted by Gasteiger charge is 2.06. The quantitative estimate of drug-likeness (QED) is 0.803. The molecule has 0 spiro atoms. The third kappa shape index (κ3) is 2.94. The van der Waals surface area contributed by atoms with E-state index in [1.54, 1.807) is 12.1 Å². The van der Waals surface area contributed by atoms with E-state index in [9.17, 15) is 4.39 Å². The van der Waals surface area contributed by atoms with Crippen LogP contribution in [0.2, 0.25) is 0 Å². The first-order valence-corrected chi connectivity index (χ1v) is 5.50. The van der Waals surface area contributed by atoms with E-state index >= 15 is 0 Å². The van der Waals surface area contributed by atoms with Crippen LogP contribution in [-0.2, 0) is 6.54 Å². The Morgan fingerprint density at radius 1 is 1.53 bits per heavy atom. The third-order valence-electron chi connectivity index (χ3n) is 2.53. The molecule has 0 radical (unpaired) electrons. The first kappa shape index (κ1) is 11.4. The molecule has 0 atom stereocenters. The topological polar surface area (TPSA) is 60.2 Å². The highest BCUT2D eigenvalue weighted by molar-refractivity contribution is 5.80. The van der Waals surface area contributed by atoms with Crippen molar-refractivity contribution < 1.29 is 4.39 Å². The summed E-state index contributed by atoms with van der Waals surface area (Å²) in [5.74, 6) is 0.341. The van der Waals surface area contributed by atoms with Gasteiger partial charge in [-0.2, -0.15) is 5.26 Å². The molecule has 0 saturated carbocycles. The van der Waals surface area contributed by atoms with Crippen molar-refractivity contribution in [1.82, 2.24) is 10.6 Å². The van der Waals surface area contributed by atoms with Gasteiger partial charge in [0.2, 0.25) is 0 Å². The van der Waals surface area contributed by atoms with Gasteiger partial charge in [0.05, 0.1) is 11.6 Å². The Labute approximate surface area is 99.2 Å². The lowest BCUT2D eigenvalue weighted by molar-refractivity contribution is 0.602. The number of nitriles is 1. The van der Waals surface area contributed by atoms with E-state index in [0.717, 1.165) is 19.5 Å². The third-order valence-corrected chi connectivity index (χ3v) is 2.53. The van der Waals surface area contributed by atoms with Crippen LogP contribution in [0.5, 0.6) is 0 Å². The number of aliphatic imine (C=N–C) groups is 1. The fourth-order valence-electron chi connectivity index (χ4n) is 1.59. The molecule has 2 N–H and O–H groups in total. The van der Waals surface area contributed by atoms with Crippen molar-refractivity contribution in [3.63, 3.8) is 0 Å². The van der Waals surface area contributed by atoms with Crippen molar-refractivity contribution in [2.45, 2.75) is 13.0 Å². The van der Waals surface area contributed by atoms with Crippen molar-refractivity contribution in [2.24, 2.45) is 4.99 Å². The number of nitrogens with zero attached hydrogens (tertiary/aromatic N) is 2. The van der Waals surface area contributed by atoms with Crippen LogP contribution in [-0.4, -0.2) is 19.0 Å². The lowest BCUT2D eigenvalue weighted by atomic mass is 10.1. The van der Waals surface area contributed by atoms with Gasteiger partial charge in [0, 0.05) is 25.2 Å². The maximum absolute atomic E-state index is 13.5. The molecule has 1 heterocycles. The van der Waals surface area contributed by atoms with Gasteiger partial charge in [-0.05, 0) is 18.6 Å². The predicted octanol–water partition coefficient (Wildman–Crippen LogP) is 1.14. The average Bonchev–Trinajstić information content (AvgIpc) is 2.38. The molecular formula is C12H13FN4. The monoisotopic (exact) mass is 232 g/mol. The van der Waals surface area contributed by atoms with Gasteiger partial charge in [0.15, 0.2) is 5.96 Å². The molecule has 0 unspecified atom stereocenters. The van der Waals surface area contributed by atoms with E-state index in [2.05, 4.69) is 15.6 Å². The molecule has 1 aromatic rings. The van der Waals surface area contributed by atoms with Gasteiger partial charge in [-0.25, -0.2) is 4.39 Å². The zero-order chi connectivity index (χ0) is 12.1. The van der Waals surface area contributed by atoms with Gasteiger partial charge in [-0.3, -0.25) is 4.99 Å². The summed E-state index contributed by atoms with van der Waals surface area (Å²) in [5, 5.41) is 14.8. The van der Waals surface area contributed by atoms with E-state index in [1.165, 1.54) is 6.07 Å². The van der Waals surface area contributed by atoms with Crippen LogP contribution in [0, 0.1) is 17.1 Å². The number of guanidine groups is 1. The highest BCUT2D eigenvalue weighted by atomic mass is 19.1. The Morgan fingerprint density at radius 3 is 3.06 bits per heavy atom. The molecule has 0 aromatic heterocycles. The molecule has 5 heteroatoms. The van der Waals surface area contributed by atoms with Crippen molar-refractivity contribution >= 4 is 5.96 Å². The highest BCUT2D eigenvalue weighted by Crippen LogP contribution is 2.09. The van der Waals surface area contributed by atoms with Crippen LogP contribution >= 0.6 is 0 Å². The van der Waals surface area contributed by atoms with Crippen LogP contribution in [0.3, 0.4) is 0 Å². The first-order chi connectivity index (χ1) is 8.29. The Balaban J connectivity index is 1.99. The molecule has 1 aliphatic rings. The molecule has 17 heavy (non-hydrogen) atoms. The molecule has 88 valence electrons. The molecular weight excluding hydrogens is 219 g/mol. The van der Waals surface area contributed by atoms with Gasteiger partial charge in [0.25, 0.3) is 0 Å². The fourth-order valence-corrected chi connectivity index (χ4v) is 1.59. The molecule has 0 fully saturated rings. The van der Waals surface area contributed by atoms with Crippen molar-refractivity contribution in [1.29, 1.82) is 5.26 Å². The van der Waals surface area contributed by atoms with Crippen molar-refractivity contribution in [2.75, 3.05) is 13.1 Å². The number of hydrogen-bond donors (Lipinski definition) is 2. The summed E-state index contributed by atoms with van der Waals surface area (Å²) in [6, 6.07) is 6.37. The largest absolute Gasteiger partial charge is 0.356 e. The molecule has 0 bridgehead atoms. The first-order valence-electron chi connectivity index (χ1n) is 5.50.